The summed E-state index contributed by atoms with van der Waals surface area (Å²) in [7, 11) is 0. The Morgan fingerprint density at radius 1 is 1.06 bits per heavy atom. The van der Waals surface area contributed by atoms with Gasteiger partial charge in [0.15, 0.2) is 0 Å². The van der Waals surface area contributed by atoms with Crippen molar-refractivity contribution in [1.82, 2.24) is 4.98 Å². The van der Waals surface area contributed by atoms with Crippen LogP contribution in [-0.4, -0.2) is 16.4 Å². The zero-order chi connectivity index (χ0) is 12.2. The van der Waals surface area contributed by atoms with E-state index in [0.717, 1.165) is 28.6 Å². The Labute approximate surface area is 110 Å². The maximum absolute atomic E-state index is 4.50. The van der Waals surface area contributed by atoms with Crippen LogP contribution >= 0.6 is 11.8 Å². The van der Waals surface area contributed by atoms with E-state index in [2.05, 4.69) is 21.6 Å². The van der Waals surface area contributed by atoms with E-state index in [1.54, 1.807) is 0 Å². The number of anilines is 1. The van der Waals surface area contributed by atoms with Crippen molar-refractivity contribution in [2.45, 2.75) is 5.75 Å². The molecule has 3 nitrogen and oxygen atoms in total. The van der Waals surface area contributed by atoms with Crippen LogP contribution in [0.5, 0.6) is 0 Å². The molecular formula is C14H13N3S. The third-order valence-electron chi connectivity index (χ3n) is 2.77. The zero-order valence-corrected chi connectivity index (χ0v) is 10.7. The average Bonchev–Trinajstić information content (AvgIpc) is 2.46. The largest absolute Gasteiger partial charge is 0.278 e. The molecule has 0 fully saturated rings. The van der Waals surface area contributed by atoms with E-state index in [1.807, 2.05) is 54.4 Å². The first-order valence-electron chi connectivity index (χ1n) is 5.83. The van der Waals surface area contributed by atoms with Crippen molar-refractivity contribution < 1.29 is 0 Å². The summed E-state index contributed by atoms with van der Waals surface area (Å²) in [5, 5.41) is 4.50. The highest BCUT2D eigenvalue weighted by Gasteiger charge is 2.16. The number of hydrazone groups is 1. The van der Waals surface area contributed by atoms with Crippen LogP contribution < -0.4 is 5.43 Å². The molecule has 0 radical (unpaired) electrons. The van der Waals surface area contributed by atoms with Crippen molar-refractivity contribution in [1.29, 1.82) is 0 Å². The van der Waals surface area contributed by atoms with Crippen LogP contribution in [0.3, 0.4) is 0 Å². The van der Waals surface area contributed by atoms with Gasteiger partial charge in [-0.25, -0.2) is 0 Å². The fourth-order valence-corrected chi connectivity index (χ4v) is 2.81. The second-order valence-electron chi connectivity index (χ2n) is 4.03. The number of rotatable bonds is 2. The maximum Gasteiger partial charge on any atom is 0.0796 e. The molecule has 0 spiro atoms. The Kier molecular flexibility index (Phi) is 3.28. The molecular weight excluding hydrogens is 242 g/mol. The monoisotopic (exact) mass is 255 g/mol. The van der Waals surface area contributed by atoms with Gasteiger partial charge in [-0.3, -0.25) is 10.4 Å². The Balaban J connectivity index is 1.85. The van der Waals surface area contributed by atoms with Crippen LogP contribution in [0.25, 0.3) is 0 Å². The van der Waals surface area contributed by atoms with Crippen molar-refractivity contribution in [2.75, 3.05) is 11.2 Å². The normalized spacial score (nSPS) is 16.3. The lowest BCUT2D eigenvalue weighted by molar-refractivity contribution is 1.15. The minimum atomic E-state index is 0.929. The van der Waals surface area contributed by atoms with E-state index in [1.165, 1.54) is 5.56 Å². The first-order valence-corrected chi connectivity index (χ1v) is 6.98. The summed E-state index contributed by atoms with van der Waals surface area (Å²) in [6, 6.07) is 14.0. The fourth-order valence-electron chi connectivity index (χ4n) is 1.88. The molecule has 2 heterocycles. The number of hydrogen-bond acceptors (Lipinski definition) is 4. The molecule has 0 saturated carbocycles. The topological polar surface area (TPSA) is 37.3 Å². The first-order chi connectivity index (χ1) is 8.93. The smallest absolute Gasteiger partial charge is 0.0796 e. The van der Waals surface area contributed by atoms with Gasteiger partial charge in [0.1, 0.15) is 0 Å². The molecule has 3 rings (SSSR count). The predicted octanol–water partition coefficient (Wildman–Crippen LogP) is 3.14. The van der Waals surface area contributed by atoms with Crippen molar-refractivity contribution >= 4 is 23.2 Å². The minimum absolute atomic E-state index is 0.929. The van der Waals surface area contributed by atoms with Gasteiger partial charge in [-0.1, -0.05) is 18.2 Å². The lowest BCUT2D eigenvalue weighted by Crippen LogP contribution is -2.15. The maximum atomic E-state index is 4.50. The predicted molar refractivity (Wildman–Crippen MR) is 77.0 cm³/mol. The van der Waals surface area contributed by atoms with Crippen LogP contribution in [0.2, 0.25) is 0 Å². The molecule has 4 heteroatoms. The number of aromatic nitrogens is 1. The summed E-state index contributed by atoms with van der Waals surface area (Å²) < 4.78 is 0. The van der Waals surface area contributed by atoms with Gasteiger partial charge in [-0.2, -0.15) is 5.10 Å². The van der Waals surface area contributed by atoms with Crippen molar-refractivity contribution in [2.24, 2.45) is 5.10 Å². The van der Waals surface area contributed by atoms with E-state index < -0.39 is 0 Å². The van der Waals surface area contributed by atoms with E-state index in [0.29, 0.717) is 0 Å². The molecule has 0 unspecified atom stereocenters. The molecule has 0 aliphatic carbocycles. The van der Waals surface area contributed by atoms with Gasteiger partial charge in [0.2, 0.25) is 0 Å². The van der Waals surface area contributed by atoms with Crippen LogP contribution in [0.4, 0.5) is 5.69 Å². The molecule has 90 valence electrons. The molecule has 0 atom stereocenters. The van der Waals surface area contributed by atoms with Gasteiger partial charge in [-0.05, 0) is 24.3 Å². The molecule has 2 aromatic rings. The molecule has 0 amide bonds. The fraction of sp³-hybridized carbons (Fsp3) is 0.143. The molecule has 1 aromatic heterocycles. The Bertz CT molecular complexity index is 566. The average molecular weight is 255 g/mol. The number of benzene rings is 1. The number of fused-ring (bicyclic) bond motifs is 1. The van der Waals surface area contributed by atoms with Gasteiger partial charge in [0.25, 0.3) is 0 Å². The van der Waals surface area contributed by atoms with Crippen molar-refractivity contribution in [3.63, 3.8) is 0 Å². The molecule has 18 heavy (non-hydrogen) atoms. The summed E-state index contributed by atoms with van der Waals surface area (Å²) in [4.78, 5) is 4.40. The van der Waals surface area contributed by atoms with E-state index in [9.17, 15) is 0 Å². The minimum Gasteiger partial charge on any atom is -0.278 e. The number of nitrogens with one attached hydrogen (secondary N) is 1. The molecule has 1 aliphatic rings. The highest BCUT2D eigenvalue weighted by Crippen LogP contribution is 2.23. The van der Waals surface area contributed by atoms with E-state index >= 15 is 0 Å². The first kappa shape index (κ1) is 11.3. The Morgan fingerprint density at radius 2 is 1.94 bits per heavy atom. The summed E-state index contributed by atoms with van der Waals surface area (Å²) in [6.07, 6.45) is 1.84. The zero-order valence-electron chi connectivity index (χ0n) is 9.84. The number of para-hydroxylation sites is 1. The summed E-state index contributed by atoms with van der Waals surface area (Å²) in [5.74, 6) is 1.90. The standard InChI is InChI=1S/C14H13N3S/c1-2-5-11(6-3-1)16-17-14-10-18-9-13-12(14)7-4-8-15-13/h1-8,16H,9-10H2/b17-14+. The SMILES string of the molecule is c1ccc(N/N=C2\CSCc3ncccc32)cc1. The number of nitrogens with zero attached hydrogens (tertiary/aromatic N) is 2. The van der Waals surface area contributed by atoms with Gasteiger partial charge in [-0.15, -0.1) is 11.8 Å². The van der Waals surface area contributed by atoms with E-state index in [4.69, 9.17) is 0 Å². The molecule has 0 bridgehead atoms. The van der Waals surface area contributed by atoms with E-state index in [-0.39, 0.29) is 0 Å². The molecule has 1 aromatic carbocycles. The second kappa shape index (κ2) is 5.23. The third kappa shape index (κ3) is 2.38. The molecule has 1 N–H and O–H groups in total. The third-order valence-corrected chi connectivity index (χ3v) is 3.73. The lowest BCUT2D eigenvalue weighted by Gasteiger charge is -2.16. The number of hydrogen-bond donors (Lipinski definition) is 1. The van der Waals surface area contributed by atoms with Gasteiger partial charge in [0.05, 0.1) is 17.1 Å². The molecule has 0 saturated heterocycles. The number of thioether (sulfide) groups is 1. The summed E-state index contributed by atoms with van der Waals surface area (Å²) in [6.45, 7) is 0. The highest BCUT2D eigenvalue weighted by molar-refractivity contribution is 7.99. The Morgan fingerprint density at radius 3 is 2.83 bits per heavy atom. The highest BCUT2D eigenvalue weighted by atomic mass is 32.2. The summed E-state index contributed by atoms with van der Waals surface area (Å²) in [5.41, 5.74) is 7.47. The van der Waals surface area contributed by atoms with Gasteiger partial charge in [0, 0.05) is 23.3 Å². The summed E-state index contributed by atoms with van der Waals surface area (Å²) >= 11 is 1.85. The van der Waals surface area contributed by atoms with Gasteiger partial charge < -0.3 is 0 Å². The quantitative estimate of drug-likeness (QED) is 0.838. The Hall–Kier alpha value is -1.81. The number of pyridine rings is 1. The lowest BCUT2D eigenvalue weighted by atomic mass is 10.1. The van der Waals surface area contributed by atoms with Crippen LogP contribution in [-0.2, 0) is 5.75 Å². The van der Waals surface area contributed by atoms with Crippen LogP contribution in [0.1, 0.15) is 11.3 Å². The van der Waals surface area contributed by atoms with Crippen LogP contribution in [0.15, 0.2) is 53.8 Å². The van der Waals surface area contributed by atoms with Crippen LogP contribution in [0, 0.1) is 0 Å². The second-order valence-corrected chi connectivity index (χ2v) is 5.01. The van der Waals surface area contributed by atoms with Gasteiger partial charge >= 0.3 is 0 Å². The molecule has 1 aliphatic heterocycles. The van der Waals surface area contributed by atoms with Crippen molar-refractivity contribution in [3.05, 3.63) is 59.9 Å². The van der Waals surface area contributed by atoms with Crippen molar-refractivity contribution in [3.8, 4) is 0 Å².